The van der Waals surface area contributed by atoms with Crippen molar-refractivity contribution in [1.82, 2.24) is 14.5 Å². The van der Waals surface area contributed by atoms with Gasteiger partial charge in [0.25, 0.3) is 0 Å². The first-order valence-corrected chi connectivity index (χ1v) is 12.2. The molecular weight excluding hydrogens is 446 g/mol. The third kappa shape index (κ3) is 4.29. The van der Waals surface area contributed by atoms with Crippen LogP contribution < -0.4 is 0 Å². The van der Waals surface area contributed by atoms with Gasteiger partial charge in [-0.3, -0.25) is 0 Å². The SMILES string of the molecule is Cc1ccc(C)c(CSc2ncnc3c2c(-c2ccccc2)cn3-c2ccc(Cl)c(C)c2)c1. The van der Waals surface area contributed by atoms with Gasteiger partial charge in [-0.2, -0.15) is 0 Å². The highest BCUT2D eigenvalue weighted by molar-refractivity contribution is 7.98. The van der Waals surface area contributed by atoms with Crippen LogP contribution in [-0.4, -0.2) is 14.5 Å². The summed E-state index contributed by atoms with van der Waals surface area (Å²) in [7, 11) is 0. The normalized spacial score (nSPS) is 11.3. The van der Waals surface area contributed by atoms with Crippen molar-refractivity contribution in [1.29, 1.82) is 0 Å². The molecule has 164 valence electrons. The molecular formula is C28H24ClN3S. The van der Waals surface area contributed by atoms with Crippen LogP contribution >= 0.6 is 23.4 Å². The first-order valence-electron chi connectivity index (χ1n) is 10.9. The molecule has 0 aliphatic carbocycles. The van der Waals surface area contributed by atoms with Crippen LogP contribution in [0.1, 0.15) is 22.3 Å². The monoisotopic (exact) mass is 469 g/mol. The lowest BCUT2D eigenvalue weighted by atomic mass is 10.1. The number of aromatic nitrogens is 3. The number of fused-ring (bicyclic) bond motifs is 1. The molecule has 0 aliphatic heterocycles. The number of hydrogen-bond donors (Lipinski definition) is 0. The molecule has 3 nitrogen and oxygen atoms in total. The molecule has 0 bridgehead atoms. The van der Waals surface area contributed by atoms with E-state index in [2.05, 4.69) is 73.1 Å². The average molecular weight is 470 g/mol. The van der Waals surface area contributed by atoms with Crippen LogP contribution in [0, 0.1) is 20.8 Å². The summed E-state index contributed by atoms with van der Waals surface area (Å²) in [6.45, 7) is 6.33. The van der Waals surface area contributed by atoms with Gasteiger partial charge in [-0.25, -0.2) is 9.97 Å². The van der Waals surface area contributed by atoms with Crippen LogP contribution in [0.5, 0.6) is 0 Å². The second-order valence-corrected chi connectivity index (χ2v) is 9.68. The predicted octanol–water partition coefficient (Wildman–Crippen LogP) is 7.96. The largest absolute Gasteiger partial charge is 0.301 e. The maximum atomic E-state index is 6.30. The molecule has 0 fully saturated rings. The molecule has 0 aliphatic rings. The lowest BCUT2D eigenvalue weighted by Crippen LogP contribution is -1.96. The highest BCUT2D eigenvalue weighted by Crippen LogP contribution is 2.38. The molecule has 0 spiro atoms. The fourth-order valence-corrected chi connectivity index (χ4v) is 5.25. The topological polar surface area (TPSA) is 30.7 Å². The molecule has 0 unspecified atom stereocenters. The molecule has 2 aromatic heterocycles. The Bertz CT molecular complexity index is 1460. The van der Waals surface area contributed by atoms with Crippen LogP contribution in [0.25, 0.3) is 27.8 Å². The van der Waals surface area contributed by atoms with Crippen LogP contribution in [-0.2, 0) is 5.75 Å². The predicted molar refractivity (Wildman–Crippen MR) is 140 cm³/mol. The quantitative estimate of drug-likeness (QED) is 0.193. The van der Waals surface area contributed by atoms with E-state index in [-0.39, 0.29) is 0 Å². The zero-order valence-corrected chi connectivity index (χ0v) is 20.4. The third-order valence-corrected chi connectivity index (χ3v) is 7.38. The van der Waals surface area contributed by atoms with Gasteiger partial charge in [-0.15, -0.1) is 11.8 Å². The van der Waals surface area contributed by atoms with Gasteiger partial charge in [-0.1, -0.05) is 65.7 Å². The van der Waals surface area contributed by atoms with E-state index in [0.717, 1.165) is 49.2 Å². The molecule has 0 amide bonds. The minimum Gasteiger partial charge on any atom is -0.301 e. The molecule has 0 N–H and O–H groups in total. The molecule has 5 heteroatoms. The van der Waals surface area contributed by atoms with E-state index < -0.39 is 0 Å². The number of halogens is 1. The maximum absolute atomic E-state index is 6.30. The smallest absolute Gasteiger partial charge is 0.149 e. The van der Waals surface area contributed by atoms with Crippen LogP contribution in [0.2, 0.25) is 5.02 Å². The van der Waals surface area contributed by atoms with Gasteiger partial charge in [0, 0.05) is 28.2 Å². The van der Waals surface area contributed by atoms with Crippen molar-refractivity contribution >= 4 is 34.4 Å². The Morgan fingerprint density at radius 2 is 1.70 bits per heavy atom. The highest BCUT2D eigenvalue weighted by Gasteiger charge is 2.18. The van der Waals surface area contributed by atoms with Crippen molar-refractivity contribution in [2.45, 2.75) is 31.6 Å². The third-order valence-electron chi connectivity index (χ3n) is 5.92. The maximum Gasteiger partial charge on any atom is 0.149 e. The lowest BCUT2D eigenvalue weighted by molar-refractivity contribution is 1.04. The van der Waals surface area contributed by atoms with Gasteiger partial charge in [0.2, 0.25) is 0 Å². The number of hydrogen-bond acceptors (Lipinski definition) is 3. The van der Waals surface area contributed by atoms with Crippen molar-refractivity contribution < 1.29 is 0 Å². The first kappa shape index (κ1) is 21.7. The summed E-state index contributed by atoms with van der Waals surface area (Å²) in [4.78, 5) is 9.42. The number of benzene rings is 3. The van der Waals surface area contributed by atoms with Gasteiger partial charge in [0.1, 0.15) is 17.0 Å². The highest BCUT2D eigenvalue weighted by atomic mass is 35.5. The van der Waals surface area contributed by atoms with E-state index in [1.54, 1.807) is 18.1 Å². The fourth-order valence-electron chi connectivity index (χ4n) is 4.06. The Balaban J connectivity index is 1.66. The lowest BCUT2D eigenvalue weighted by Gasteiger charge is -2.09. The Labute approximate surface area is 203 Å². The molecule has 5 aromatic rings. The summed E-state index contributed by atoms with van der Waals surface area (Å²) in [5, 5.41) is 2.83. The minimum atomic E-state index is 0.762. The van der Waals surface area contributed by atoms with Crippen molar-refractivity contribution in [3.8, 4) is 16.8 Å². The van der Waals surface area contributed by atoms with Crippen LogP contribution in [0.3, 0.4) is 0 Å². The van der Waals surface area contributed by atoms with Crippen molar-refractivity contribution in [2.24, 2.45) is 0 Å². The summed E-state index contributed by atoms with van der Waals surface area (Å²) in [6, 6.07) is 23.1. The van der Waals surface area contributed by atoms with Crippen molar-refractivity contribution in [2.75, 3.05) is 0 Å². The van der Waals surface area contributed by atoms with Crippen molar-refractivity contribution in [3.05, 3.63) is 107 Å². The fraction of sp³-hybridized carbons (Fsp3) is 0.143. The first-order chi connectivity index (χ1) is 16.0. The van der Waals surface area contributed by atoms with E-state index in [1.807, 2.05) is 25.1 Å². The molecule has 33 heavy (non-hydrogen) atoms. The van der Waals surface area contributed by atoms with Gasteiger partial charge in [-0.05, 0) is 61.2 Å². The molecule has 0 atom stereocenters. The molecule has 0 radical (unpaired) electrons. The van der Waals surface area contributed by atoms with Gasteiger partial charge < -0.3 is 4.57 Å². The second-order valence-electron chi connectivity index (χ2n) is 8.31. The molecule has 5 rings (SSSR count). The Morgan fingerprint density at radius 3 is 2.48 bits per heavy atom. The summed E-state index contributed by atoms with van der Waals surface area (Å²) in [5.41, 5.74) is 9.16. The van der Waals surface area contributed by atoms with E-state index in [0.29, 0.717) is 0 Å². The van der Waals surface area contributed by atoms with Crippen LogP contribution in [0.15, 0.2) is 84.3 Å². The molecule has 2 heterocycles. The Morgan fingerprint density at radius 1 is 0.879 bits per heavy atom. The van der Waals surface area contributed by atoms with Gasteiger partial charge >= 0.3 is 0 Å². The Kier molecular flexibility index (Phi) is 5.96. The number of nitrogens with zero attached hydrogens (tertiary/aromatic N) is 3. The molecule has 0 saturated heterocycles. The van der Waals surface area contributed by atoms with E-state index >= 15 is 0 Å². The zero-order valence-electron chi connectivity index (χ0n) is 18.8. The summed E-state index contributed by atoms with van der Waals surface area (Å²) in [5.74, 6) is 0.860. The standard InChI is InChI=1S/C28H24ClN3S/c1-18-9-10-19(2)22(13-18)16-33-28-26-24(21-7-5-4-6-8-21)15-32(27(26)30-17-31-28)23-11-12-25(29)20(3)14-23/h4-15,17H,16H2,1-3H3. The van der Waals surface area contributed by atoms with Gasteiger partial charge in [0.05, 0.1) is 5.39 Å². The van der Waals surface area contributed by atoms with E-state index in [1.165, 1.54) is 16.7 Å². The molecule has 0 saturated carbocycles. The van der Waals surface area contributed by atoms with E-state index in [9.17, 15) is 0 Å². The summed E-state index contributed by atoms with van der Waals surface area (Å²) < 4.78 is 2.14. The van der Waals surface area contributed by atoms with Gasteiger partial charge in [0.15, 0.2) is 0 Å². The van der Waals surface area contributed by atoms with E-state index in [4.69, 9.17) is 21.6 Å². The van der Waals surface area contributed by atoms with Crippen LogP contribution in [0.4, 0.5) is 0 Å². The summed E-state index contributed by atoms with van der Waals surface area (Å²) >= 11 is 8.06. The minimum absolute atomic E-state index is 0.762. The number of rotatable bonds is 5. The second kappa shape index (κ2) is 9.05. The molecule has 3 aromatic carbocycles. The number of aryl methyl sites for hydroxylation is 3. The zero-order chi connectivity index (χ0) is 22.9. The summed E-state index contributed by atoms with van der Waals surface area (Å²) in [6.07, 6.45) is 3.83. The number of thioether (sulfide) groups is 1. The Hall–Kier alpha value is -3.08. The average Bonchev–Trinajstić information content (AvgIpc) is 3.22. The van der Waals surface area contributed by atoms with Crippen molar-refractivity contribution in [3.63, 3.8) is 0 Å².